The molecule has 0 aliphatic heterocycles. The van der Waals surface area contributed by atoms with Crippen molar-refractivity contribution in [1.82, 2.24) is 9.97 Å². The second-order valence-corrected chi connectivity index (χ2v) is 4.66. The Kier molecular flexibility index (Phi) is 3.57. The number of nitro groups is 1. The predicted octanol–water partition coefficient (Wildman–Crippen LogP) is 3.17. The van der Waals surface area contributed by atoms with E-state index in [0.717, 1.165) is 12.3 Å². The Balaban J connectivity index is 2.49. The third kappa shape index (κ3) is 2.85. The van der Waals surface area contributed by atoms with Crippen molar-refractivity contribution in [2.75, 3.05) is 12.4 Å². The number of hydrogen-bond acceptors (Lipinski definition) is 6. The highest BCUT2D eigenvalue weighted by Gasteiger charge is 2.34. The normalized spacial score (nSPS) is 11.4. The van der Waals surface area contributed by atoms with E-state index < -0.39 is 16.1 Å². The molecule has 0 saturated heterocycles. The van der Waals surface area contributed by atoms with Crippen molar-refractivity contribution in [2.24, 2.45) is 0 Å². The molecule has 0 fully saturated rings. The minimum Gasteiger partial charge on any atom is -0.373 e. The second-order valence-electron chi connectivity index (χ2n) is 3.63. The van der Waals surface area contributed by atoms with Gasteiger partial charge < -0.3 is 5.32 Å². The number of halogens is 3. The number of pyridine rings is 1. The molecule has 0 aliphatic carbocycles. The first kappa shape index (κ1) is 14.2. The highest BCUT2D eigenvalue weighted by atomic mass is 32.1. The summed E-state index contributed by atoms with van der Waals surface area (Å²) in [5, 5.41) is 12.4. The first-order chi connectivity index (χ1) is 9.31. The molecule has 10 heteroatoms. The maximum Gasteiger partial charge on any atom is 0.443 e. The van der Waals surface area contributed by atoms with E-state index in [1.807, 2.05) is 0 Å². The number of nitrogens with zero attached hydrogens (tertiary/aromatic N) is 3. The fourth-order valence-electron chi connectivity index (χ4n) is 1.40. The van der Waals surface area contributed by atoms with Gasteiger partial charge in [0.2, 0.25) is 0 Å². The van der Waals surface area contributed by atoms with Crippen LogP contribution in [0.25, 0.3) is 10.6 Å². The number of hydrogen-bond donors (Lipinski definition) is 1. The van der Waals surface area contributed by atoms with Gasteiger partial charge in [0.05, 0.1) is 21.6 Å². The molecule has 0 unspecified atom stereocenters. The van der Waals surface area contributed by atoms with E-state index in [4.69, 9.17) is 0 Å². The van der Waals surface area contributed by atoms with Crippen molar-refractivity contribution in [1.29, 1.82) is 0 Å². The maximum atomic E-state index is 12.5. The fraction of sp³-hybridized carbons (Fsp3) is 0.200. The molecule has 0 atom stereocenters. The molecule has 2 rings (SSSR count). The molecule has 2 aromatic rings. The Hall–Kier alpha value is -2.23. The van der Waals surface area contributed by atoms with Gasteiger partial charge in [-0.3, -0.25) is 10.1 Å². The highest BCUT2D eigenvalue weighted by Crippen LogP contribution is 2.36. The molecule has 2 aromatic heterocycles. The molecule has 0 bridgehead atoms. The number of aromatic nitrogens is 2. The van der Waals surface area contributed by atoms with Crippen LogP contribution in [0.4, 0.5) is 24.7 Å². The molecule has 0 aromatic carbocycles. The molecule has 1 N–H and O–H groups in total. The van der Waals surface area contributed by atoms with Gasteiger partial charge in [-0.05, 0) is 0 Å². The number of nitrogens with one attached hydrogen (secondary N) is 1. The summed E-state index contributed by atoms with van der Waals surface area (Å²) in [6.45, 7) is 0. The van der Waals surface area contributed by atoms with Crippen LogP contribution in [0.3, 0.4) is 0 Å². The summed E-state index contributed by atoms with van der Waals surface area (Å²) in [4.78, 5) is 17.5. The van der Waals surface area contributed by atoms with E-state index in [2.05, 4.69) is 15.3 Å². The van der Waals surface area contributed by atoms with Crippen molar-refractivity contribution in [3.05, 3.63) is 33.5 Å². The lowest BCUT2D eigenvalue weighted by atomic mass is 10.3. The Morgan fingerprint density at radius 1 is 1.40 bits per heavy atom. The van der Waals surface area contributed by atoms with E-state index in [1.54, 1.807) is 0 Å². The van der Waals surface area contributed by atoms with E-state index in [0.29, 0.717) is 11.3 Å². The van der Waals surface area contributed by atoms with Crippen molar-refractivity contribution in [3.8, 4) is 10.6 Å². The first-order valence-corrected chi connectivity index (χ1v) is 6.00. The lowest BCUT2D eigenvalue weighted by molar-refractivity contribution is -0.384. The topological polar surface area (TPSA) is 81.0 Å². The molecule has 0 amide bonds. The lowest BCUT2D eigenvalue weighted by Crippen LogP contribution is -2.02. The van der Waals surface area contributed by atoms with Crippen molar-refractivity contribution < 1.29 is 18.1 Å². The summed E-state index contributed by atoms with van der Waals surface area (Å²) in [5.74, 6) is 0.191. The largest absolute Gasteiger partial charge is 0.443 e. The van der Waals surface area contributed by atoms with Gasteiger partial charge in [-0.1, -0.05) is 0 Å². The third-order valence-electron chi connectivity index (χ3n) is 2.28. The summed E-state index contributed by atoms with van der Waals surface area (Å²) >= 11 is 0.384. The quantitative estimate of drug-likeness (QED) is 0.695. The first-order valence-electron chi connectivity index (χ1n) is 5.19. The van der Waals surface area contributed by atoms with Gasteiger partial charge in [-0.2, -0.15) is 13.2 Å². The number of thiazole rings is 1. The summed E-state index contributed by atoms with van der Waals surface area (Å²) in [6.07, 6.45) is -3.55. The molecule has 106 valence electrons. The predicted molar refractivity (Wildman–Crippen MR) is 66.5 cm³/mol. The van der Waals surface area contributed by atoms with Crippen LogP contribution in [0.15, 0.2) is 18.3 Å². The van der Waals surface area contributed by atoms with Gasteiger partial charge in [0.25, 0.3) is 5.69 Å². The molecule has 0 aliphatic rings. The van der Waals surface area contributed by atoms with Crippen LogP contribution in [0, 0.1) is 10.1 Å². The monoisotopic (exact) mass is 304 g/mol. The van der Waals surface area contributed by atoms with Crippen molar-refractivity contribution >= 4 is 22.8 Å². The van der Waals surface area contributed by atoms with Gasteiger partial charge >= 0.3 is 6.18 Å². The van der Waals surface area contributed by atoms with Crippen LogP contribution in [0.2, 0.25) is 0 Å². The van der Waals surface area contributed by atoms with Crippen LogP contribution in [-0.4, -0.2) is 21.9 Å². The van der Waals surface area contributed by atoms with Gasteiger partial charge in [-0.15, -0.1) is 11.3 Å². The number of anilines is 1. The van der Waals surface area contributed by atoms with Gasteiger partial charge in [-0.25, -0.2) is 9.97 Å². The minimum atomic E-state index is -4.55. The van der Waals surface area contributed by atoms with Gasteiger partial charge in [0, 0.05) is 19.3 Å². The van der Waals surface area contributed by atoms with Crippen molar-refractivity contribution in [2.45, 2.75) is 6.18 Å². The van der Waals surface area contributed by atoms with Crippen LogP contribution < -0.4 is 5.32 Å². The van der Waals surface area contributed by atoms with E-state index in [-0.39, 0.29) is 22.1 Å². The summed E-state index contributed by atoms with van der Waals surface area (Å²) in [6, 6.07) is 2.30. The molecule has 20 heavy (non-hydrogen) atoms. The Bertz CT molecular complexity index is 656. The Morgan fingerprint density at radius 3 is 2.60 bits per heavy atom. The third-order valence-corrected chi connectivity index (χ3v) is 3.34. The zero-order valence-electron chi connectivity index (χ0n) is 9.93. The zero-order chi connectivity index (χ0) is 14.9. The lowest BCUT2D eigenvalue weighted by Gasteiger charge is -2.02. The molecular formula is C10H7F3N4O2S. The van der Waals surface area contributed by atoms with Crippen LogP contribution in [0.1, 0.15) is 5.01 Å². The zero-order valence-corrected chi connectivity index (χ0v) is 10.7. The van der Waals surface area contributed by atoms with Gasteiger partial charge in [0.15, 0.2) is 5.01 Å². The molecule has 0 radical (unpaired) electrons. The Labute approximate surface area is 114 Å². The average Bonchev–Trinajstić information content (AvgIpc) is 2.87. The molecule has 2 heterocycles. The minimum absolute atomic E-state index is 0.0663. The van der Waals surface area contributed by atoms with Gasteiger partial charge in [0.1, 0.15) is 5.82 Å². The van der Waals surface area contributed by atoms with E-state index in [9.17, 15) is 23.3 Å². The molecule has 6 nitrogen and oxygen atoms in total. The fourth-order valence-corrected chi connectivity index (χ4v) is 2.14. The van der Waals surface area contributed by atoms with Crippen LogP contribution in [0.5, 0.6) is 0 Å². The average molecular weight is 304 g/mol. The summed E-state index contributed by atoms with van der Waals surface area (Å²) < 4.78 is 37.4. The van der Waals surface area contributed by atoms with Crippen LogP contribution in [-0.2, 0) is 6.18 Å². The standard InChI is InChI=1S/C10H7F3N4O2S/c1-14-8-3-5(17(18)19)2-6(16-8)7-4-15-9(20-7)10(11,12)13/h2-4H,1H3,(H,14,16). The smallest absolute Gasteiger partial charge is 0.373 e. The van der Waals surface area contributed by atoms with E-state index in [1.165, 1.54) is 13.1 Å². The SMILES string of the molecule is CNc1cc([N+](=O)[O-])cc(-c2cnc(C(F)(F)F)s2)n1. The highest BCUT2D eigenvalue weighted by molar-refractivity contribution is 7.15. The van der Waals surface area contributed by atoms with E-state index >= 15 is 0 Å². The molecular weight excluding hydrogens is 297 g/mol. The molecule has 0 spiro atoms. The Morgan fingerprint density at radius 2 is 2.10 bits per heavy atom. The number of rotatable bonds is 3. The van der Waals surface area contributed by atoms with Crippen molar-refractivity contribution in [3.63, 3.8) is 0 Å². The maximum absolute atomic E-state index is 12.5. The summed E-state index contributed by atoms with van der Waals surface area (Å²) in [7, 11) is 1.50. The molecule has 0 saturated carbocycles. The summed E-state index contributed by atoms with van der Waals surface area (Å²) in [5.41, 5.74) is -0.196. The second kappa shape index (κ2) is 5.04. The number of alkyl halides is 3. The van der Waals surface area contributed by atoms with Crippen LogP contribution >= 0.6 is 11.3 Å².